The van der Waals surface area contributed by atoms with Gasteiger partial charge in [-0.2, -0.15) is 5.10 Å². The Kier molecular flexibility index (Phi) is 7.13. The lowest BCUT2D eigenvalue weighted by atomic mass is 10.1. The lowest BCUT2D eigenvalue weighted by molar-refractivity contribution is -0.159. The molecule has 0 radical (unpaired) electrons. The minimum Gasteiger partial charge on any atom is -0.459 e. The molecule has 0 aliphatic carbocycles. The van der Waals surface area contributed by atoms with Crippen molar-refractivity contribution in [3.8, 4) is 0 Å². The van der Waals surface area contributed by atoms with Crippen LogP contribution in [0.3, 0.4) is 0 Å². The van der Waals surface area contributed by atoms with Gasteiger partial charge in [-0.25, -0.2) is 4.68 Å². The predicted molar refractivity (Wildman–Crippen MR) is 112 cm³/mol. The van der Waals surface area contributed by atoms with Gasteiger partial charge >= 0.3 is 5.97 Å². The Morgan fingerprint density at radius 3 is 2.31 bits per heavy atom. The number of aromatic nitrogens is 2. The summed E-state index contributed by atoms with van der Waals surface area (Å²) in [6.45, 7) is 7.63. The molecule has 1 amide bonds. The Bertz CT molecular complexity index is 944. The Morgan fingerprint density at radius 1 is 1.10 bits per heavy atom. The average molecular weight is 402 g/mol. The van der Waals surface area contributed by atoms with Gasteiger partial charge in [0.15, 0.2) is 0 Å². The fourth-order valence-electron chi connectivity index (χ4n) is 2.88. The number of rotatable bonds is 7. The fraction of sp³-hybridized carbons (Fsp3) is 0.524. The SMILES string of the molecule is Cc1nn(CC(=O)N(CCN(C)C)CC(=O)OC(C)(C)C)c(=O)c2ccccc12. The number of hydrogen-bond acceptors (Lipinski definition) is 6. The van der Waals surface area contributed by atoms with E-state index in [0.29, 0.717) is 24.2 Å². The van der Waals surface area contributed by atoms with Crippen LogP contribution in [0.1, 0.15) is 26.5 Å². The summed E-state index contributed by atoms with van der Waals surface area (Å²) < 4.78 is 6.51. The van der Waals surface area contributed by atoms with E-state index in [2.05, 4.69) is 5.10 Å². The molecule has 0 unspecified atom stereocenters. The summed E-state index contributed by atoms with van der Waals surface area (Å²) >= 11 is 0. The van der Waals surface area contributed by atoms with Crippen LogP contribution in [0.4, 0.5) is 0 Å². The number of nitrogens with zero attached hydrogens (tertiary/aromatic N) is 4. The molecule has 2 aromatic rings. The molecule has 2 rings (SSSR count). The molecule has 0 bridgehead atoms. The summed E-state index contributed by atoms with van der Waals surface area (Å²) in [7, 11) is 3.77. The van der Waals surface area contributed by atoms with Gasteiger partial charge in [-0.1, -0.05) is 18.2 Å². The molecule has 8 nitrogen and oxygen atoms in total. The molecule has 1 aromatic carbocycles. The first-order valence-corrected chi connectivity index (χ1v) is 9.59. The first-order chi connectivity index (χ1) is 13.5. The minimum absolute atomic E-state index is 0.175. The number of amides is 1. The van der Waals surface area contributed by atoms with Crippen molar-refractivity contribution in [1.29, 1.82) is 0 Å². The van der Waals surface area contributed by atoms with Crippen LogP contribution < -0.4 is 5.56 Å². The predicted octanol–water partition coefficient (Wildman–Crippen LogP) is 1.44. The van der Waals surface area contributed by atoms with Crippen LogP contribution in [0.25, 0.3) is 10.8 Å². The van der Waals surface area contributed by atoms with Gasteiger partial charge in [-0.15, -0.1) is 0 Å². The van der Waals surface area contributed by atoms with Crippen molar-refractivity contribution < 1.29 is 14.3 Å². The highest BCUT2D eigenvalue weighted by Gasteiger charge is 2.23. The number of ether oxygens (including phenoxy) is 1. The number of carbonyl (C=O) groups excluding carboxylic acids is 2. The maximum absolute atomic E-state index is 12.9. The number of benzene rings is 1. The molecule has 0 aliphatic heterocycles. The highest BCUT2D eigenvalue weighted by Crippen LogP contribution is 2.12. The van der Waals surface area contributed by atoms with E-state index in [1.807, 2.05) is 31.1 Å². The third kappa shape index (κ3) is 6.39. The van der Waals surface area contributed by atoms with Gasteiger partial charge in [0.25, 0.3) is 5.56 Å². The molecule has 8 heteroatoms. The van der Waals surface area contributed by atoms with Crippen LogP contribution >= 0.6 is 0 Å². The van der Waals surface area contributed by atoms with Gasteiger partial charge in [0.1, 0.15) is 18.7 Å². The van der Waals surface area contributed by atoms with Crippen molar-refractivity contribution in [2.75, 3.05) is 33.7 Å². The molecule has 0 aliphatic rings. The summed E-state index contributed by atoms with van der Waals surface area (Å²) in [5.41, 5.74) is -0.300. The number of aryl methyl sites for hydroxylation is 1. The van der Waals surface area contributed by atoms with Crippen molar-refractivity contribution in [2.24, 2.45) is 0 Å². The Hall–Kier alpha value is -2.74. The Labute approximate surface area is 171 Å². The second-order valence-electron chi connectivity index (χ2n) is 8.30. The molecule has 158 valence electrons. The highest BCUT2D eigenvalue weighted by atomic mass is 16.6. The molecule has 0 N–H and O–H groups in total. The summed E-state index contributed by atoms with van der Waals surface area (Å²) in [4.78, 5) is 41.2. The first-order valence-electron chi connectivity index (χ1n) is 9.59. The molecular weight excluding hydrogens is 372 g/mol. The number of esters is 1. The largest absolute Gasteiger partial charge is 0.459 e. The third-order valence-corrected chi connectivity index (χ3v) is 4.25. The van der Waals surface area contributed by atoms with Crippen molar-refractivity contribution in [2.45, 2.75) is 39.8 Å². The quantitative estimate of drug-likeness (QED) is 0.652. The van der Waals surface area contributed by atoms with E-state index in [4.69, 9.17) is 4.74 Å². The maximum atomic E-state index is 12.9. The van der Waals surface area contributed by atoms with E-state index in [9.17, 15) is 14.4 Å². The summed E-state index contributed by atoms with van der Waals surface area (Å²) in [5.74, 6) is -0.846. The lowest BCUT2D eigenvalue weighted by Gasteiger charge is -2.26. The van der Waals surface area contributed by atoms with Crippen LogP contribution in [-0.4, -0.2) is 70.8 Å². The monoisotopic (exact) mass is 402 g/mol. The van der Waals surface area contributed by atoms with Crippen molar-refractivity contribution >= 4 is 22.6 Å². The molecular formula is C21H30N4O4. The van der Waals surface area contributed by atoms with Gasteiger partial charge < -0.3 is 14.5 Å². The summed E-state index contributed by atoms with van der Waals surface area (Å²) in [6.07, 6.45) is 0. The Balaban J connectivity index is 2.24. The van der Waals surface area contributed by atoms with E-state index in [1.165, 1.54) is 4.90 Å². The molecule has 0 fully saturated rings. The van der Waals surface area contributed by atoms with Crippen molar-refractivity contribution in [3.05, 3.63) is 40.3 Å². The topological polar surface area (TPSA) is 84.7 Å². The summed E-state index contributed by atoms with van der Waals surface area (Å²) in [5, 5.41) is 5.56. The van der Waals surface area contributed by atoms with Gasteiger partial charge in [-0.3, -0.25) is 14.4 Å². The fourth-order valence-corrected chi connectivity index (χ4v) is 2.88. The van der Waals surface area contributed by atoms with E-state index in [0.717, 1.165) is 10.1 Å². The van der Waals surface area contributed by atoms with Crippen LogP contribution in [0.2, 0.25) is 0 Å². The van der Waals surface area contributed by atoms with E-state index < -0.39 is 11.6 Å². The normalized spacial score (nSPS) is 11.7. The molecule has 29 heavy (non-hydrogen) atoms. The van der Waals surface area contributed by atoms with Gasteiger partial charge in [-0.05, 0) is 47.9 Å². The average Bonchev–Trinajstić information content (AvgIpc) is 2.61. The van der Waals surface area contributed by atoms with Crippen LogP contribution in [-0.2, 0) is 20.9 Å². The number of fused-ring (bicyclic) bond motifs is 1. The molecule has 1 heterocycles. The first kappa shape index (κ1) is 22.5. The molecule has 1 aromatic heterocycles. The molecule has 0 saturated carbocycles. The third-order valence-electron chi connectivity index (χ3n) is 4.25. The molecule has 0 saturated heterocycles. The molecule has 0 spiro atoms. The van der Waals surface area contributed by atoms with Crippen molar-refractivity contribution in [3.63, 3.8) is 0 Å². The van der Waals surface area contributed by atoms with Crippen LogP contribution in [0.15, 0.2) is 29.1 Å². The molecule has 0 atom stereocenters. The van der Waals surface area contributed by atoms with Gasteiger partial charge in [0.2, 0.25) is 5.91 Å². The van der Waals surface area contributed by atoms with Crippen molar-refractivity contribution in [1.82, 2.24) is 19.6 Å². The van der Waals surface area contributed by atoms with Crippen LogP contribution in [0, 0.1) is 6.92 Å². The zero-order chi connectivity index (χ0) is 21.8. The summed E-state index contributed by atoms with van der Waals surface area (Å²) in [6, 6.07) is 7.17. The second kappa shape index (κ2) is 9.17. The van der Waals surface area contributed by atoms with Gasteiger partial charge in [0, 0.05) is 18.5 Å². The Morgan fingerprint density at radius 2 is 1.72 bits per heavy atom. The maximum Gasteiger partial charge on any atom is 0.326 e. The second-order valence-corrected chi connectivity index (χ2v) is 8.30. The number of hydrogen-bond donors (Lipinski definition) is 0. The highest BCUT2D eigenvalue weighted by molar-refractivity contribution is 5.84. The van der Waals surface area contributed by atoms with Gasteiger partial charge in [0.05, 0.1) is 11.1 Å². The van der Waals surface area contributed by atoms with E-state index in [1.54, 1.807) is 39.8 Å². The number of likely N-dealkylation sites (N-methyl/N-ethyl adjacent to an activating group) is 1. The van der Waals surface area contributed by atoms with Crippen LogP contribution in [0.5, 0.6) is 0 Å². The smallest absolute Gasteiger partial charge is 0.326 e. The zero-order valence-electron chi connectivity index (χ0n) is 18.1. The van der Waals surface area contributed by atoms with E-state index >= 15 is 0 Å². The number of carbonyl (C=O) groups is 2. The van der Waals surface area contributed by atoms with E-state index in [-0.39, 0.29) is 24.6 Å². The zero-order valence-corrected chi connectivity index (χ0v) is 18.1. The minimum atomic E-state index is -0.638. The standard InChI is InChI=1S/C21H30N4O4/c1-15-16-9-7-8-10-17(16)20(28)25(22-15)13-18(26)24(12-11-23(5)6)14-19(27)29-21(2,3)4/h7-10H,11-14H2,1-6H3. The lowest BCUT2D eigenvalue weighted by Crippen LogP contribution is -2.44.